The van der Waals surface area contributed by atoms with Gasteiger partial charge in [-0.3, -0.25) is 4.79 Å². The molecule has 0 radical (unpaired) electrons. The normalized spacial score (nSPS) is 17.5. The van der Waals surface area contributed by atoms with Gasteiger partial charge in [-0.2, -0.15) is 4.31 Å². The van der Waals surface area contributed by atoms with Gasteiger partial charge in [0.1, 0.15) is 13.2 Å². The Morgan fingerprint density at radius 1 is 1.10 bits per heavy atom. The highest BCUT2D eigenvalue weighted by molar-refractivity contribution is 9.10. The monoisotopic (exact) mass is 494 g/mol. The first-order valence-corrected chi connectivity index (χ1v) is 12.1. The molecule has 30 heavy (non-hydrogen) atoms. The van der Waals surface area contributed by atoms with Crippen LogP contribution >= 0.6 is 15.9 Å². The molecule has 2 heterocycles. The molecule has 1 amide bonds. The van der Waals surface area contributed by atoms with Crippen LogP contribution in [0.15, 0.2) is 45.8 Å². The van der Waals surface area contributed by atoms with Crippen LogP contribution in [-0.2, 0) is 10.0 Å². The third-order valence-electron chi connectivity index (χ3n) is 5.27. The molecule has 9 heteroatoms. The first kappa shape index (κ1) is 21.1. The molecule has 0 spiro atoms. The van der Waals surface area contributed by atoms with E-state index in [2.05, 4.69) is 21.2 Å². The molecule has 2 aromatic carbocycles. The maximum absolute atomic E-state index is 12.8. The van der Waals surface area contributed by atoms with Crippen molar-refractivity contribution in [3.8, 4) is 11.5 Å². The lowest BCUT2D eigenvalue weighted by molar-refractivity contribution is 0.0939. The second kappa shape index (κ2) is 8.56. The minimum atomic E-state index is -3.58. The predicted molar refractivity (Wildman–Crippen MR) is 115 cm³/mol. The van der Waals surface area contributed by atoms with Crippen LogP contribution in [0.3, 0.4) is 0 Å². The van der Waals surface area contributed by atoms with Crippen molar-refractivity contribution in [3.05, 3.63) is 52.0 Å². The number of nitrogens with zero attached hydrogens (tertiary/aromatic N) is 1. The number of carbonyl (C=O) groups excluding carboxylic acids is 1. The van der Waals surface area contributed by atoms with E-state index < -0.39 is 10.0 Å². The summed E-state index contributed by atoms with van der Waals surface area (Å²) in [6.07, 6.45) is 1.72. The lowest BCUT2D eigenvalue weighted by Crippen LogP contribution is -2.29. The van der Waals surface area contributed by atoms with E-state index in [1.165, 1.54) is 16.4 Å². The molecule has 1 saturated heterocycles. The molecular formula is C21H23BrN2O5S. The van der Waals surface area contributed by atoms with Crippen molar-refractivity contribution in [2.24, 2.45) is 0 Å². The number of fused-ring (bicyclic) bond motifs is 1. The van der Waals surface area contributed by atoms with Gasteiger partial charge in [0, 0.05) is 23.1 Å². The molecule has 2 aliphatic rings. The highest BCUT2D eigenvalue weighted by Gasteiger charge is 2.28. The number of hydrogen-bond donors (Lipinski definition) is 1. The Balaban J connectivity index is 1.53. The summed E-state index contributed by atoms with van der Waals surface area (Å²) in [6, 6.07) is 9.53. The third-order valence-corrected chi connectivity index (χ3v) is 7.86. The number of hydrogen-bond acceptors (Lipinski definition) is 5. The van der Waals surface area contributed by atoms with Crippen molar-refractivity contribution in [2.75, 3.05) is 26.3 Å². The van der Waals surface area contributed by atoms with E-state index in [0.717, 1.165) is 22.9 Å². The minimum absolute atomic E-state index is 0.144. The summed E-state index contributed by atoms with van der Waals surface area (Å²) in [5, 5.41) is 2.93. The smallest absolute Gasteiger partial charge is 0.251 e. The fraction of sp³-hybridized carbons (Fsp3) is 0.381. The van der Waals surface area contributed by atoms with Gasteiger partial charge in [-0.25, -0.2) is 8.42 Å². The molecule has 1 unspecified atom stereocenters. The Morgan fingerprint density at radius 2 is 1.77 bits per heavy atom. The Hall–Kier alpha value is -2.10. The van der Waals surface area contributed by atoms with Gasteiger partial charge in [0.15, 0.2) is 11.5 Å². The van der Waals surface area contributed by atoms with Crippen LogP contribution in [0.2, 0.25) is 0 Å². The van der Waals surface area contributed by atoms with E-state index in [0.29, 0.717) is 43.4 Å². The van der Waals surface area contributed by atoms with Crippen LogP contribution in [0, 0.1) is 0 Å². The van der Waals surface area contributed by atoms with E-state index in [4.69, 9.17) is 9.47 Å². The fourth-order valence-corrected chi connectivity index (χ4v) is 5.87. The zero-order valence-corrected chi connectivity index (χ0v) is 19.0. The molecule has 160 valence electrons. The highest BCUT2D eigenvalue weighted by atomic mass is 79.9. The first-order valence-electron chi connectivity index (χ1n) is 9.86. The fourth-order valence-electron chi connectivity index (χ4n) is 3.64. The summed E-state index contributed by atoms with van der Waals surface area (Å²) in [6.45, 7) is 3.88. The van der Waals surface area contributed by atoms with Crippen molar-refractivity contribution in [3.63, 3.8) is 0 Å². The van der Waals surface area contributed by atoms with E-state index in [1.807, 2.05) is 19.1 Å². The average molecular weight is 495 g/mol. The Labute approximate surface area is 184 Å². The summed E-state index contributed by atoms with van der Waals surface area (Å²) in [7, 11) is -3.58. The first-order chi connectivity index (χ1) is 14.4. The Bertz CT molecular complexity index is 1070. The molecule has 0 bridgehead atoms. The van der Waals surface area contributed by atoms with Crippen LogP contribution in [0.5, 0.6) is 11.5 Å². The quantitative estimate of drug-likeness (QED) is 0.687. The maximum Gasteiger partial charge on any atom is 0.251 e. The summed E-state index contributed by atoms with van der Waals surface area (Å²) in [5.74, 6) is 0.956. The number of sulfonamides is 1. The van der Waals surface area contributed by atoms with Crippen molar-refractivity contribution in [1.29, 1.82) is 0 Å². The number of rotatable bonds is 5. The van der Waals surface area contributed by atoms with Gasteiger partial charge in [0.2, 0.25) is 10.0 Å². The van der Waals surface area contributed by atoms with Crippen LogP contribution in [0.4, 0.5) is 0 Å². The second-order valence-electron chi connectivity index (χ2n) is 7.35. The molecule has 1 N–H and O–H groups in total. The molecule has 7 nitrogen and oxygen atoms in total. The van der Waals surface area contributed by atoms with E-state index in [1.54, 1.807) is 12.1 Å². The minimum Gasteiger partial charge on any atom is -0.486 e. The molecule has 2 aromatic rings. The van der Waals surface area contributed by atoms with Gasteiger partial charge >= 0.3 is 0 Å². The zero-order chi connectivity index (χ0) is 21.3. The number of nitrogens with one attached hydrogen (secondary N) is 1. The number of halogens is 1. The van der Waals surface area contributed by atoms with E-state index in [9.17, 15) is 13.2 Å². The van der Waals surface area contributed by atoms with Crippen molar-refractivity contribution < 1.29 is 22.7 Å². The summed E-state index contributed by atoms with van der Waals surface area (Å²) in [5.41, 5.74) is 1.14. The highest BCUT2D eigenvalue weighted by Crippen LogP contribution is 2.37. The molecule has 2 aliphatic heterocycles. The van der Waals surface area contributed by atoms with Gasteiger partial charge < -0.3 is 14.8 Å². The van der Waals surface area contributed by atoms with Crippen LogP contribution in [-0.4, -0.2) is 44.9 Å². The lowest BCUT2D eigenvalue weighted by atomic mass is 10.1. The molecular weight excluding hydrogens is 472 g/mol. The zero-order valence-electron chi connectivity index (χ0n) is 16.6. The molecule has 1 fully saturated rings. The Morgan fingerprint density at radius 3 is 2.47 bits per heavy atom. The average Bonchev–Trinajstić information content (AvgIpc) is 3.29. The van der Waals surface area contributed by atoms with Gasteiger partial charge in [0.05, 0.1) is 10.9 Å². The summed E-state index contributed by atoms with van der Waals surface area (Å²) >= 11 is 3.53. The number of amides is 1. The predicted octanol–water partition coefficient (Wildman–Crippen LogP) is 3.50. The topological polar surface area (TPSA) is 84.9 Å². The largest absolute Gasteiger partial charge is 0.486 e. The number of ether oxygens (including phenoxy) is 2. The van der Waals surface area contributed by atoms with Gasteiger partial charge in [-0.1, -0.05) is 22.0 Å². The lowest BCUT2D eigenvalue weighted by Gasteiger charge is -2.22. The van der Waals surface area contributed by atoms with E-state index in [-0.39, 0.29) is 16.8 Å². The van der Waals surface area contributed by atoms with Gasteiger partial charge in [0.25, 0.3) is 5.91 Å². The Kier molecular flexibility index (Phi) is 6.04. The molecule has 1 atom stereocenters. The number of carbonyl (C=O) groups is 1. The van der Waals surface area contributed by atoms with E-state index >= 15 is 0 Å². The summed E-state index contributed by atoms with van der Waals surface area (Å²) in [4.78, 5) is 13.0. The van der Waals surface area contributed by atoms with Crippen LogP contribution in [0.25, 0.3) is 0 Å². The SMILES string of the molecule is CC(NC(=O)c1cccc(S(=O)(=O)N2CCCC2)c1)c1cc2c(cc1Br)OCCO2. The molecule has 0 saturated carbocycles. The molecule has 4 rings (SSSR count). The van der Waals surface area contributed by atoms with Gasteiger partial charge in [-0.15, -0.1) is 0 Å². The summed E-state index contributed by atoms with van der Waals surface area (Å²) < 4.78 is 39.1. The van der Waals surface area contributed by atoms with Crippen molar-refractivity contribution in [2.45, 2.75) is 30.7 Å². The van der Waals surface area contributed by atoms with Gasteiger partial charge in [-0.05, 0) is 55.7 Å². The number of benzene rings is 2. The standard InChI is InChI=1S/C21H23BrN2O5S/c1-14(17-12-19-20(13-18(17)22)29-10-9-28-19)23-21(25)15-5-4-6-16(11-15)30(26,27)24-7-2-3-8-24/h4-6,11-14H,2-3,7-10H2,1H3,(H,23,25). The molecule has 0 aromatic heterocycles. The maximum atomic E-state index is 12.8. The van der Waals surface area contributed by atoms with Crippen LogP contribution in [0.1, 0.15) is 41.7 Å². The second-order valence-corrected chi connectivity index (χ2v) is 10.1. The van der Waals surface area contributed by atoms with Crippen LogP contribution < -0.4 is 14.8 Å². The molecule has 0 aliphatic carbocycles. The third kappa shape index (κ3) is 4.19. The van der Waals surface area contributed by atoms with Crippen molar-refractivity contribution in [1.82, 2.24) is 9.62 Å². The van der Waals surface area contributed by atoms with Crippen molar-refractivity contribution >= 4 is 31.9 Å².